The van der Waals surface area contributed by atoms with Gasteiger partial charge >= 0.3 is 0 Å². The summed E-state index contributed by atoms with van der Waals surface area (Å²) in [4.78, 5) is 37.6. The average Bonchev–Trinajstić information content (AvgIpc) is 3.21. The third kappa shape index (κ3) is 4.34. The molecule has 0 atom stereocenters. The van der Waals surface area contributed by atoms with Crippen LogP contribution >= 0.6 is 0 Å². The van der Waals surface area contributed by atoms with E-state index in [1.54, 1.807) is 13.0 Å². The fourth-order valence-electron chi connectivity index (χ4n) is 3.91. The van der Waals surface area contributed by atoms with Gasteiger partial charge in [0.05, 0.1) is 21.9 Å². The summed E-state index contributed by atoms with van der Waals surface area (Å²) in [5.41, 5.74) is 0.518. The summed E-state index contributed by atoms with van der Waals surface area (Å²) in [6, 6.07) is 8.59. The van der Waals surface area contributed by atoms with Gasteiger partial charge in [0.1, 0.15) is 11.6 Å². The number of non-ortho nitro benzene ring substituents is 1. The van der Waals surface area contributed by atoms with E-state index in [0.29, 0.717) is 24.2 Å². The van der Waals surface area contributed by atoms with E-state index in [1.165, 1.54) is 27.8 Å². The predicted octanol–water partition coefficient (Wildman–Crippen LogP) is 3.50. The van der Waals surface area contributed by atoms with Crippen molar-refractivity contribution in [2.75, 3.05) is 13.1 Å². The van der Waals surface area contributed by atoms with Crippen LogP contribution in [0.2, 0.25) is 0 Å². The molecule has 0 aliphatic carbocycles. The van der Waals surface area contributed by atoms with Gasteiger partial charge < -0.3 is 4.90 Å². The molecule has 170 valence electrons. The first-order valence-corrected chi connectivity index (χ1v) is 10.2. The van der Waals surface area contributed by atoms with Gasteiger partial charge in [0.2, 0.25) is 0 Å². The maximum atomic E-state index is 14.0. The second-order valence-electron chi connectivity index (χ2n) is 7.77. The minimum absolute atomic E-state index is 0.0995. The van der Waals surface area contributed by atoms with Crippen LogP contribution in [0.1, 0.15) is 39.4 Å². The minimum Gasteiger partial charge on any atom is -0.337 e. The van der Waals surface area contributed by atoms with E-state index in [9.17, 15) is 28.5 Å². The summed E-state index contributed by atoms with van der Waals surface area (Å²) in [5.74, 6) is -2.84. The molecule has 3 aromatic rings. The van der Waals surface area contributed by atoms with Crippen LogP contribution in [0.15, 0.2) is 42.5 Å². The summed E-state index contributed by atoms with van der Waals surface area (Å²) in [5, 5.41) is 19.0. The molecule has 4 rings (SSSR count). The second kappa shape index (κ2) is 8.85. The number of nitro groups is 1. The average molecular weight is 455 g/mol. The number of rotatable bonds is 5. The Kier molecular flexibility index (Phi) is 5.95. The van der Waals surface area contributed by atoms with Crippen molar-refractivity contribution in [2.24, 2.45) is 5.92 Å². The van der Waals surface area contributed by atoms with Crippen LogP contribution in [0.4, 0.5) is 14.5 Å². The highest BCUT2D eigenvalue weighted by molar-refractivity contribution is 5.98. The van der Waals surface area contributed by atoms with Gasteiger partial charge in [0.25, 0.3) is 11.6 Å². The minimum atomic E-state index is -0.770. The summed E-state index contributed by atoms with van der Waals surface area (Å²) in [7, 11) is 0. The molecule has 0 saturated carbocycles. The van der Waals surface area contributed by atoms with Crippen LogP contribution in [0.25, 0.3) is 5.69 Å². The van der Waals surface area contributed by atoms with Gasteiger partial charge in [-0.1, -0.05) is 11.3 Å². The lowest BCUT2D eigenvalue weighted by Gasteiger charge is -2.31. The Morgan fingerprint density at radius 2 is 1.85 bits per heavy atom. The number of likely N-dealkylation sites (tertiary alicyclic amines) is 1. The smallest absolute Gasteiger partial charge is 0.276 e. The van der Waals surface area contributed by atoms with Crippen molar-refractivity contribution < 1.29 is 23.3 Å². The van der Waals surface area contributed by atoms with Crippen molar-refractivity contribution in [3.05, 3.63) is 81.2 Å². The van der Waals surface area contributed by atoms with Crippen molar-refractivity contribution in [3.63, 3.8) is 0 Å². The van der Waals surface area contributed by atoms with Gasteiger partial charge in [-0.05, 0) is 44.0 Å². The van der Waals surface area contributed by atoms with Crippen LogP contribution < -0.4 is 0 Å². The van der Waals surface area contributed by atoms with E-state index in [1.807, 2.05) is 0 Å². The largest absolute Gasteiger partial charge is 0.337 e. The number of carbonyl (C=O) groups is 2. The van der Waals surface area contributed by atoms with E-state index >= 15 is 0 Å². The molecule has 1 aliphatic rings. The SMILES string of the molecule is Cc1c(C(=O)N2CCC(C(=O)c3cc(F)ccc3F)CC2)nnn1-c1cccc([N+](=O)[O-])c1. The predicted molar refractivity (Wildman–Crippen MR) is 112 cm³/mol. The first kappa shape index (κ1) is 22.2. The quantitative estimate of drug-likeness (QED) is 0.331. The molecule has 1 saturated heterocycles. The molecule has 1 aliphatic heterocycles. The number of hydrogen-bond donors (Lipinski definition) is 0. The Balaban J connectivity index is 1.46. The number of carbonyl (C=O) groups excluding carboxylic acids is 2. The van der Waals surface area contributed by atoms with Crippen LogP contribution in [-0.4, -0.2) is 49.6 Å². The van der Waals surface area contributed by atoms with Crippen molar-refractivity contribution in [1.82, 2.24) is 19.9 Å². The van der Waals surface area contributed by atoms with Gasteiger partial charge in [0.15, 0.2) is 11.5 Å². The molecular weight excluding hydrogens is 436 g/mol. The lowest BCUT2D eigenvalue weighted by Crippen LogP contribution is -2.40. The van der Waals surface area contributed by atoms with Gasteiger partial charge in [-0.25, -0.2) is 13.5 Å². The first-order valence-electron chi connectivity index (χ1n) is 10.2. The first-order chi connectivity index (χ1) is 15.8. The Bertz CT molecular complexity index is 1250. The number of piperidine rings is 1. The molecule has 0 N–H and O–H groups in total. The Labute approximate surface area is 186 Å². The van der Waals surface area contributed by atoms with Gasteiger partial charge in [0, 0.05) is 31.1 Å². The fourth-order valence-corrected chi connectivity index (χ4v) is 3.91. The number of halogens is 2. The van der Waals surface area contributed by atoms with Crippen LogP contribution in [-0.2, 0) is 0 Å². The zero-order valence-corrected chi connectivity index (χ0v) is 17.6. The number of nitro benzene ring substituents is 1. The molecule has 1 aromatic heterocycles. The molecule has 0 spiro atoms. The molecule has 11 heteroatoms. The van der Waals surface area contributed by atoms with Crippen molar-refractivity contribution >= 4 is 17.4 Å². The molecule has 1 fully saturated rings. The van der Waals surface area contributed by atoms with Crippen LogP contribution in [0.3, 0.4) is 0 Å². The molecule has 9 nitrogen and oxygen atoms in total. The van der Waals surface area contributed by atoms with E-state index in [0.717, 1.165) is 18.2 Å². The number of benzene rings is 2. The number of ketones is 1. The number of Topliss-reactive ketones (excluding diaryl/α,β-unsaturated/α-hetero) is 1. The topological polar surface area (TPSA) is 111 Å². The van der Waals surface area contributed by atoms with Crippen molar-refractivity contribution in [1.29, 1.82) is 0 Å². The van der Waals surface area contributed by atoms with E-state index in [4.69, 9.17) is 0 Å². The molecule has 0 radical (unpaired) electrons. The fraction of sp³-hybridized carbons (Fsp3) is 0.273. The molecule has 0 unspecified atom stereocenters. The molecular formula is C22H19F2N5O4. The lowest BCUT2D eigenvalue weighted by molar-refractivity contribution is -0.384. The summed E-state index contributed by atoms with van der Waals surface area (Å²) in [6.07, 6.45) is 0.608. The standard InChI is InChI=1S/C22H19F2N5O4/c1-13-20(25-26-28(13)16-3-2-4-17(12-16)29(32)33)22(31)27-9-7-14(8-10-27)21(30)18-11-15(23)5-6-19(18)24/h2-6,11-12,14H,7-10H2,1H3. The van der Waals surface area contributed by atoms with E-state index < -0.39 is 28.3 Å². The zero-order valence-electron chi connectivity index (χ0n) is 17.6. The monoisotopic (exact) mass is 455 g/mol. The molecule has 0 bridgehead atoms. The van der Waals surface area contributed by atoms with Gasteiger partial charge in [-0.2, -0.15) is 0 Å². The summed E-state index contributed by atoms with van der Waals surface area (Å²) >= 11 is 0. The summed E-state index contributed by atoms with van der Waals surface area (Å²) in [6.45, 7) is 2.12. The van der Waals surface area contributed by atoms with Crippen molar-refractivity contribution in [3.8, 4) is 5.69 Å². The Morgan fingerprint density at radius 3 is 2.55 bits per heavy atom. The van der Waals surface area contributed by atoms with E-state index in [-0.39, 0.29) is 35.9 Å². The number of nitrogens with zero attached hydrogens (tertiary/aromatic N) is 5. The van der Waals surface area contributed by atoms with Gasteiger partial charge in [-0.3, -0.25) is 19.7 Å². The molecule has 1 amide bonds. The second-order valence-corrected chi connectivity index (χ2v) is 7.77. The number of hydrogen-bond acceptors (Lipinski definition) is 6. The summed E-state index contributed by atoms with van der Waals surface area (Å²) < 4.78 is 28.7. The third-order valence-corrected chi connectivity index (χ3v) is 5.73. The van der Waals surface area contributed by atoms with Gasteiger partial charge in [-0.15, -0.1) is 5.10 Å². The van der Waals surface area contributed by atoms with Crippen LogP contribution in [0, 0.1) is 34.6 Å². The number of aromatic nitrogens is 3. The molecule has 2 heterocycles. The maximum absolute atomic E-state index is 14.0. The molecule has 2 aromatic carbocycles. The van der Waals surface area contributed by atoms with Crippen molar-refractivity contribution in [2.45, 2.75) is 19.8 Å². The normalized spacial score (nSPS) is 14.3. The molecule has 33 heavy (non-hydrogen) atoms. The van der Waals surface area contributed by atoms with E-state index in [2.05, 4.69) is 10.3 Å². The van der Waals surface area contributed by atoms with Crippen LogP contribution in [0.5, 0.6) is 0 Å². The lowest BCUT2D eigenvalue weighted by atomic mass is 9.88. The third-order valence-electron chi connectivity index (χ3n) is 5.73. The highest BCUT2D eigenvalue weighted by atomic mass is 19.1. The number of amides is 1. The highest BCUT2D eigenvalue weighted by Gasteiger charge is 2.31. The zero-order chi connectivity index (χ0) is 23.7. The Morgan fingerprint density at radius 1 is 1.12 bits per heavy atom. The maximum Gasteiger partial charge on any atom is 0.276 e. The Hall–Kier alpha value is -4.02. The highest BCUT2D eigenvalue weighted by Crippen LogP contribution is 2.25.